The highest BCUT2D eigenvalue weighted by molar-refractivity contribution is 5.94. The maximum atomic E-state index is 11.8. The number of amides is 1. The Bertz CT molecular complexity index is 527. The van der Waals surface area contributed by atoms with E-state index in [9.17, 15) is 14.9 Å². The van der Waals surface area contributed by atoms with Crippen LogP contribution in [-0.2, 0) is 9.53 Å². The Kier molecular flexibility index (Phi) is 5.24. The third kappa shape index (κ3) is 4.51. The van der Waals surface area contributed by atoms with Gasteiger partial charge < -0.3 is 15.4 Å². The van der Waals surface area contributed by atoms with Crippen molar-refractivity contribution in [1.29, 1.82) is 0 Å². The number of benzene rings is 1. The van der Waals surface area contributed by atoms with E-state index in [1.165, 1.54) is 12.1 Å². The van der Waals surface area contributed by atoms with Gasteiger partial charge in [0.05, 0.1) is 11.0 Å². The van der Waals surface area contributed by atoms with Gasteiger partial charge in [0.25, 0.3) is 11.6 Å². The summed E-state index contributed by atoms with van der Waals surface area (Å²) in [5.74, 6) is -0.375. The molecule has 114 valence electrons. The molecule has 0 saturated carbocycles. The van der Waals surface area contributed by atoms with Crippen LogP contribution in [0.1, 0.15) is 18.4 Å². The molecule has 0 bridgehead atoms. The Balaban J connectivity index is 1.91. The number of carbonyl (C=O) groups excluding carboxylic acids is 1. The normalized spacial score (nSPS) is 15.7. The second kappa shape index (κ2) is 7.14. The molecule has 1 aromatic rings. The standard InChI is InChI=1S/C14H19N3O4/c1-10-2-3-12(13(8-10)17(19)20)16-14(18)9-21-11-4-6-15-7-5-11/h2-3,8,11,15H,4-7,9H2,1H3,(H,16,18). The van der Waals surface area contributed by atoms with Gasteiger partial charge in [-0.15, -0.1) is 0 Å². The number of nitrogens with zero attached hydrogens (tertiary/aromatic N) is 1. The molecule has 1 saturated heterocycles. The van der Waals surface area contributed by atoms with Gasteiger partial charge in [-0.05, 0) is 44.5 Å². The van der Waals surface area contributed by atoms with Crippen LogP contribution in [-0.4, -0.2) is 36.6 Å². The first kappa shape index (κ1) is 15.4. The highest BCUT2D eigenvalue weighted by atomic mass is 16.6. The number of nitrogens with one attached hydrogen (secondary N) is 2. The van der Waals surface area contributed by atoms with Crippen molar-refractivity contribution in [3.63, 3.8) is 0 Å². The van der Waals surface area contributed by atoms with Gasteiger partial charge in [-0.25, -0.2) is 0 Å². The number of rotatable bonds is 5. The lowest BCUT2D eigenvalue weighted by Crippen LogP contribution is -2.34. The molecule has 21 heavy (non-hydrogen) atoms. The van der Waals surface area contributed by atoms with Crippen molar-refractivity contribution in [2.75, 3.05) is 25.0 Å². The zero-order chi connectivity index (χ0) is 15.2. The summed E-state index contributed by atoms with van der Waals surface area (Å²) in [7, 11) is 0. The lowest BCUT2D eigenvalue weighted by molar-refractivity contribution is -0.384. The van der Waals surface area contributed by atoms with Crippen LogP contribution in [0.15, 0.2) is 18.2 Å². The summed E-state index contributed by atoms with van der Waals surface area (Å²) in [4.78, 5) is 22.3. The second-order valence-electron chi connectivity index (χ2n) is 5.09. The van der Waals surface area contributed by atoms with Crippen LogP contribution in [0.5, 0.6) is 0 Å². The van der Waals surface area contributed by atoms with E-state index in [1.807, 2.05) is 0 Å². The van der Waals surface area contributed by atoms with Gasteiger partial charge in [-0.2, -0.15) is 0 Å². The average molecular weight is 293 g/mol. The molecule has 1 aromatic carbocycles. The number of nitro benzene ring substituents is 1. The molecule has 2 rings (SSSR count). The summed E-state index contributed by atoms with van der Waals surface area (Å²) < 4.78 is 5.52. The van der Waals surface area contributed by atoms with Crippen molar-refractivity contribution in [1.82, 2.24) is 5.32 Å². The number of piperidine rings is 1. The van der Waals surface area contributed by atoms with Crippen LogP contribution < -0.4 is 10.6 Å². The molecule has 7 heteroatoms. The molecule has 1 aliphatic heterocycles. The molecule has 0 aliphatic carbocycles. The van der Waals surface area contributed by atoms with Gasteiger partial charge in [-0.1, -0.05) is 6.07 Å². The molecule has 0 radical (unpaired) electrons. The van der Waals surface area contributed by atoms with E-state index in [0.717, 1.165) is 31.5 Å². The molecule has 0 aromatic heterocycles. The zero-order valence-corrected chi connectivity index (χ0v) is 11.9. The first-order valence-corrected chi connectivity index (χ1v) is 6.93. The van der Waals surface area contributed by atoms with Crippen LogP contribution in [0.2, 0.25) is 0 Å². The van der Waals surface area contributed by atoms with Crippen molar-refractivity contribution >= 4 is 17.3 Å². The van der Waals surface area contributed by atoms with Gasteiger partial charge >= 0.3 is 0 Å². The highest BCUT2D eigenvalue weighted by Crippen LogP contribution is 2.25. The number of hydrogen-bond donors (Lipinski definition) is 2. The summed E-state index contributed by atoms with van der Waals surface area (Å²) in [5, 5.41) is 16.7. The minimum atomic E-state index is -0.504. The zero-order valence-electron chi connectivity index (χ0n) is 11.9. The number of hydrogen-bond acceptors (Lipinski definition) is 5. The van der Waals surface area contributed by atoms with Gasteiger partial charge in [0, 0.05) is 6.07 Å². The fourth-order valence-corrected chi connectivity index (χ4v) is 2.24. The summed E-state index contributed by atoms with van der Waals surface area (Å²) in [6.45, 7) is 3.44. The lowest BCUT2D eigenvalue weighted by Gasteiger charge is -2.22. The van der Waals surface area contributed by atoms with Crippen molar-refractivity contribution in [2.24, 2.45) is 0 Å². The Hall–Kier alpha value is -1.99. The molecule has 7 nitrogen and oxygen atoms in total. The quantitative estimate of drug-likeness (QED) is 0.635. The minimum Gasteiger partial charge on any atom is -0.368 e. The Morgan fingerprint density at radius 3 is 2.86 bits per heavy atom. The fourth-order valence-electron chi connectivity index (χ4n) is 2.24. The van der Waals surface area contributed by atoms with Crippen LogP contribution >= 0.6 is 0 Å². The molecule has 1 aliphatic rings. The smallest absolute Gasteiger partial charge is 0.293 e. The molecule has 1 heterocycles. The topological polar surface area (TPSA) is 93.5 Å². The number of carbonyl (C=O) groups is 1. The summed E-state index contributed by atoms with van der Waals surface area (Å²) in [6, 6.07) is 4.69. The predicted molar refractivity (Wildman–Crippen MR) is 78.3 cm³/mol. The molecule has 1 amide bonds. The maximum absolute atomic E-state index is 11.8. The SMILES string of the molecule is Cc1ccc(NC(=O)COC2CCNCC2)c([N+](=O)[O-])c1. The van der Waals surface area contributed by atoms with E-state index in [2.05, 4.69) is 10.6 Å². The van der Waals surface area contributed by atoms with Crippen molar-refractivity contribution in [2.45, 2.75) is 25.9 Å². The summed E-state index contributed by atoms with van der Waals surface area (Å²) in [6.07, 6.45) is 1.82. The van der Waals surface area contributed by atoms with Crippen LogP contribution in [0.25, 0.3) is 0 Å². The van der Waals surface area contributed by atoms with Gasteiger partial charge in [-0.3, -0.25) is 14.9 Å². The Morgan fingerprint density at radius 2 is 2.19 bits per heavy atom. The van der Waals surface area contributed by atoms with E-state index in [-0.39, 0.29) is 30.0 Å². The third-order valence-electron chi connectivity index (χ3n) is 3.36. The van der Waals surface area contributed by atoms with Crippen molar-refractivity contribution in [3.05, 3.63) is 33.9 Å². The van der Waals surface area contributed by atoms with Gasteiger partial charge in [0.1, 0.15) is 12.3 Å². The van der Waals surface area contributed by atoms with Crippen molar-refractivity contribution < 1.29 is 14.5 Å². The van der Waals surface area contributed by atoms with E-state index in [1.54, 1.807) is 13.0 Å². The van der Waals surface area contributed by atoms with Gasteiger partial charge in [0.2, 0.25) is 0 Å². The second-order valence-corrected chi connectivity index (χ2v) is 5.09. The van der Waals surface area contributed by atoms with Crippen LogP contribution in [0.3, 0.4) is 0 Å². The largest absolute Gasteiger partial charge is 0.368 e. The molecule has 0 atom stereocenters. The number of anilines is 1. The third-order valence-corrected chi connectivity index (χ3v) is 3.36. The fraction of sp³-hybridized carbons (Fsp3) is 0.500. The van der Waals surface area contributed by atoms with Crippen LogP contribution in [0.4, 0.5) is 11.4 Å². The van der Waals surface area contributed by atoms with E-state index in [4.69, 9.17) is 4.74 Å². The molecule has 0 spiro atoms. The number of ether oxygens (including phenoxy) is 1. The van der Waals surface area contributed by atoms with Crippen LogP contribution in [0, 0.1) is 17.0 Å². The first-order chi connectivity index (χ1) is 10.1. The predicted octanol–water partition coefficient (Wildman–Crippen LogP) is 1.61. The minimum absolute atomic E-state index is 0.0741. The Labute approximate surface area is 122 Å². The van der Waals surface area contributed by atoms with Crippen molar-refractivity contribution in [3.8, 4) is 0 Å². The number of nitro groups is 1. The molecule has 1 fully saturated rings. The summed E-state index contributed by atoms with van der Waals surface area (Å²) >= 11 is 0. The molecule has 2 N–H and O–H groups in total. The van der Waals surface area contributed by atoms with Gasteiger partial charge in [0.15, 0.2) is 0 Å². The van der Waals surface area contributed by atoms with E-state index in [0.29, 0.717) is 0 Å². The Morgan fingerprint density at radius 1 is 1.48 bits per heavy atom. The van der Waals surface area contributed by atoms with E-state index < -0.39 is 4.92 Å². The first-order valence-electron chi connectivity index (χ1n) is 6.93. The molecular weight excluding hydrogens is 274 g/mol. The van der Waals surface area contributed by atoms with E-state index >= 15 is 0 Å². The lowest BCUT2D eigenvalue weighted by atomic mass is 10.1. The highest BCUT2D eigenvalue weighted by Gasteiger charge is 2.18. The maximum Gasteiger partial charge on any atom is 0.293 e. The average Bonchev–Trinajstić information content (AvgIpc) is 2.48. The molecule has 0 unspecified atom stereocenters. The summed E-state index contributed by atoms with van der Waals surface area (Å²) in [5.41, 5.74) is 0.861. The monoisotopic (exact) mass is 293 g/mol. The molecular formula is C14H19N3O4. The number of aryl methyl sites for hydroxylation is 1.